The second kappa shape index (κ2) is 4.51. The number of rotatable bonds is 1. The van der Waals surface area contributed by atoms with Gasteiger partial charge in [-0.3, -0.25) is 0 Å². The lowest BCUT2D eigenvalue weighted by molar-refractivity contribution is 0.144. The predicted octanol–water partition coefficient (Wildman–Crippen LogP) is 1.59. The molecule has 2 rings (SSSR count). The van der Waals surface area contributed by atoms with Gasteiger partial charge in [-0.1, -0.05) is 6.07 Å². The topological polar surface area (TPSA) is 72.5 Å². The molecule has 15 heavy (non-hydrogen) atoms. The average Bonchev–Trinajstić information content (AvgIpc) is 2.42. The van der Waals surface area contributed by atoms with Crippen molar-refractivity contribution in [2.75, 3.05) is 0 Å². The third-order valence-electron chi connectivity index (χ3n) is 2.35. The summed E-state index contributed by atoms with van der Waals surface area (Å²) in [6.07, 6.45) is 0.377. The highest BCUT2D eigenvalue weighted by Gasteiger charge is 2.18. The maximum Gasteiger partial charge on any atom is 0.511 e. The molecular weight excluding hydrogens is 218 g/mol. The van der Waals surface area contributed by atoms with Gasteiger partial charge in [-0.15, -0.1) is 12.4 Å². The minimum absolute atomic E-state index is 0. The summed E-state index contributed by atoms with van der Waals surface area (Å²) in [5.41, 5.74) is 8.06. The number of benzene rings is 1. The Morgan fingerprint density at radius 1 is 1.40 bits per heavy atom. The first kappa shape index (κ1) is 11.8. The van der Waals surface area contributed by atoms with E-state index in [0.29, 0.717) is 5.75 Å². The Balaban J connectivity index is 0.00000112. The summed E-state index contributed by atoms with van der Waals surface area (Å²) in [5, 5.41) is 8.42. The van der Waals surface area contributed by atoms with E-state index in [-0.39, 0.29) is 18.4 Å². The van der Waals surface area contributed by atoms with Gasteiger partial charge in [0.1, 0.15) is 5.75 Å². The van der Waals surface area contributed by atoms with Gasteiger partial charge in [-0.05, 0) is 36.1 Å². The SMILES string of the molecule is Cl.NC1Cc2ccc(OC(=O)O)cc2C1. The average molecular weight is 230 g/mol. The number of fused-ring (bicyclic) bond motifs is 1. The molecule has 0 fully saturated rings. The van der Waals surface area contributed by atoms with Crippen LogP contribution in [0.5, 0.6) is 5.75 Å². The molecule has 0 radical (unpaired) electrons. The van der Waals surface area contributed by atoms with Crippen LogP contribution in [-0.2, 0) is 12.8 Å². The first-order valence-corrected chi connectivity index (χ1v) is 4.43. The largest absolute Gasteiger partial charge is 0.511 e. The lowest BCUT2D eigenvalue weighted by Gasteiger charge is -2.02. The molecule has 1 atom stereocenters. The fourth-order valence-corrected chi connectivity index (χ4v) is 1.79. The van der Waals surface area contributed by atoms with Crippen LogP contribution in [0.15, 0.2) is 18.2 Å². The molecule has 0 amide bonds. The molecule has 82 valence electrons. The van der Waals surface area contributed by atoms with Crippen molar-refractivity contribution in [1.82, 2.24) is 0 Å². The highest BCUT2D eigenvalue weighted by atomic mass is 35.5. The monoisotopic (exact) mass is 229 g/mol. The first-order valence-electron chi connectivity index (χ1n) is 4.43. The van der Waals surface area contributed by atoms with Crippen LogP contribution in [0.1, 0.15) is 11.1 Å². The van der Waals surface area contributed by atoms with Crippen molar-refractivity contribution in [1.29, 1.82) is 0 Å². The summed E-state index contributed by atoms with van der Waals surface area (Å²) in [4.78, 5) is 10.3. The van der Waals surface area contributed by atoms with E-state index >= 15 is 0 Å². The molecule has 5 heteroatoms. The Bertz CT molecular complexity index is 381. The van der Waals surface area contributed by atoms with Crippen molar-refractivity contribution in [2.45, 2.75) is 18.9 Å². The van der Waals surface area contributed by atoms with Crippen molar-refractivity contribution in [3.05, 3.63) is 29.3 Å². The van der Waals surface area contributed by atoms with Gasteiger partial charge in [-0.2, -0.15) is 0 Å². The smallest absolute Gasteiger partial charge is 0.449 e. The number of hydrogen-bond donors (Lipinski definition) is 2. The quantitative estimate of drug-likeness (QED) is 0.567. The van der Waals surface area contributed by atoms with Gasteiger partial charge >= 0.3 is 6.16 Å². The fourth-order valence-electron chi connectivity index (χ4n) is 1.79. The van der Waals surface area contributed by atoms with Crippen molar-refractivity contribution in [2.24, 2.45) is 5.73 Å². The van der Waals surface area contributed by atoms with Crippen LogP contribution in [0.25, 0.3) is 0 Å². The van der Waals surface area contributed by atoms with E-state index in [4.69, 9.17) is 10.8 Å². The maximum atomic E-state index is 10.3. The van der Waals surface area contributed by atoms with Crippen molar-refractivity contribution >= 4 is 18.6 Å². The van der Waals surface area contributed by atoms with Crippen LogP contribution in [0.2, 0.25) is 0 Å². The predicted molar refractivity (Wildman–Crippen MR) is 57.7 cm³/mol. The van der Waals surface area contributed by atoms with Crippen molar-refractivity contribution in [3.63, 3.8) is 0 Å². The minimum Gasteiger partial charge on any atom is -0.449 e. The molecule has 1 aromatic rings. The molecular formula is C10H12ClNO3. The Morgan fingerprint density at radius 2 is 2.07 bits per heavy atom. The van der Waals surface area contributed by atoms with Gasteiger partial charge in [-0.25, -0.2) is 4.79 Å². The Hall–Kier alpha value is -1.26. The minimum atomic E-state index is -1.28. The Kier molecular flexibility index (Phi) is 3.55. The van der Waals surface area contributed by atoms with Crippen LogP contribution in [-0.4, -0.2) is 17.3 Å². The van der Waals surface area contributed by atoms with Gasteiger partial charge in [0.05, 0.1) is 0 Å². The lowest BCUT2D eigenvalue weighted by Crippen LogP contribution is -2.18. The summed E-state index contributed by atoms with van der Waals surface area (Å²) >= 11 is 0. The summed E-state index contributed by atoms with van der Waals surface area (Å²) in [7, 11) is 0. The molecule has 3 N–H and O–H groups in total. The molecule has 0 spiro atoms. The maximum absolute atomic E-state index is 10.3. The van der Waals surface area contributed by atoms with Gasteiger partial charge in [0.15, 0.2) is 0 Å². The third kappa shape index (κ3) is 2.61. The van der Waals surface area contributed by atoms with Gasteiger partial charge < -0.3 is 15.6 Å². The van der Waals surface area contributed by atoms with E-state index < -0.39 is 6.16 Å². The Labute approximate surface area is 93.4 Å². The van der Waals surface area contributed by atoms with Gasteiger partial charge in [0.2, 0.25) is 0 Å². The number of ether oxygens (including phenoxy) is 1. The Morgan fingerprint density at radius 3 is 2.73 bits per heavy atom. The fraction of sp³-hybridized carbons (Fsp3) is 0.300. The number of halogens is 1. The van der Waals surface area contributed by atoms with E-state index in [9.17, 15) is 4.79 Å². The molecule has 0 aromatic heterocycles. The summed E-state index contributed by atoms with van der Waals surface area (Å²) in [6.45, 7) is 0. The summed E-state index contributed by atoms with van der Waals surface area (Å²) in [5.74, 6) is 0.366. The van der Waals surface area contributed by atoms with E-state index in [1.54, 1.807) is 12.1 Å². The molecule has 1 unspecified atom stereocenters. The van der Waals surface area contributed by atoms with Gasteiger partial charge in [0.25, 0.3) is 0 Å². The zero-order valence-electron chi connectivity index (χ0n) is 7.97. The number of nitrogens with two attached hydrogens (primary N) is 1. The van der Waals surface area contributed by atoms with E-state index in [0.717, 1.165) is 18.4 Å². The summed E-state index contributed by atoms with van der Waals surface area (Å²) < 4.78 is 4.55. The first-order chi connectivity index (χ1) is 6.65. The lowest BCUT2D eigenvalue weighted by atomic mass is 10.1. The van der Waals surface area contributed by atoms with Crippen LogP contribution >= 0.6 is 12.4 Å². The zero-order chi connectivity index (χ0) is 10.1. The third-order valence-corrected chi connectivity index (χ3v) is 2.35. The van der Waals surface area contributed by atoms with E-state index in [1.807, 2.05) is 6.07 Å². The van der Waals surface area contributed by atoms with Crippen molar-refractivity contribution in [3.8, 4) is 5.75 Å². The molecule has 0 saturated heterocycles. The molecule has 0 bridgehead atoms. The summed E-state index contributed by atoms with van der Waals surface area (Å²) in [6, 6.07) is 5.44. The van der Waals surface area contributed by atoms with Crippen LogP contribution in [0.3, 0.4) is 0 Å². The molecule has 0 aliphatic heterocycles. The van der Waals surface area contributed by atoms with E-state index in [1.165, 1.54) is 5.56 Å². The number of carboxylic acid groups (broad SMARTS) is 1. The molecule has 1 aliphatic rings. The normalized spacial score (nSPS) is 17.8. The number of hydrogen-bond acceptors (Lipinski definition) is 3. The number of carbonyl (C=O) groups is 1. The van der Waals surface area contributed by atoms with Crippen LogP contribution in [0, 0.1) is 0 Å². The molecule has 1 aliphatic carbocycles. The van der Waals surface area contributed by atoms with Crippen LogP contribution in [0.4, 0.5) is 4.79 Å². The second-order valence-electron chi connectivity index (χ2n) is 3.47. The highest BCUT2D eigenvalue weighted by Crippen LogP contribution is 2.25. The highest BCUT2D eigenvalue weighted by molar-refractivity contribution is 5.85. The van der Waals surface area contributed by atoms with Crippen molar-refractivity contribution < 1.29 is 14.6 Å². The van der Waals surface area contributed by atoms with Crippen LogP contribution < -0.4 is 10.5 Å². The molecule has 4 nitrogen and oxygen atoms in total. The van der Waals surface area contributed by atoms with Gasteiger partial charge in [0, 0.05) is 6.04 Å². The molecule has 0 saturated carbocycles. The van der Waals surface area contributed by atoms with E-state index in [2.05, 4.69) is 4.74 Å². The zero-order valence-corrected chi connectivity index (χ0v) is 8.79. The molecule has 0 heterocycles. The standard InChI is InChI=1S/C10H11NO3.ClH/c11-8-3-6-1-2-9(14-10(12)13)5-7(6)4-8;/h1-2,5,8H,3-4,11H2,(H,12,13);1H. The second-order valence-corrected chi connectivity index (χ2v) is 3.47. The molecule has 1 aromatic carbocycles.